The van der Waals surface area contributed by atoms with E-state index in [-0.39, 0.29) is 11.8 Å². The molecule has 4 rings (SSSR count). The molecule has 0 saturated carbocycles. The molecule has 0 atom stereocenters. The summed E-state index contributed by atoms with van der Waals surface area (Å²) in [5.41, 5.74) is 3.32. The first-order chi connectivity index (χ1) is 19.9. The van der Waals surface area contributed by atoms with E-state index in [1.54, 1.807) is 35.1 Å². The summed E-state index contributed by atoms with van der Waals surface area (Å²) in [5, 5.41) is 0. The first-order valence-electron chi connectivity index (χ1n) is 13.4. The van der Waals surface area contributed by atoms with Crippen LogP contribution >= 0.6 is 0 Å². The summed E-state index contributed by atoms with van der Waals surface area (Å²) in [6.45, 7) is 4.20. The number of carbonyl (C=O) groups is 2. The molecule has 0 N–H and O–H groups in total. The number of hydrogen-bond donors (Lipinski definition) is 0. The van der Waals surface area contributed by atoms with Crippen LogP contribution in [-0.2, 0) is 4.79 Å². The van der Waals surface area contributed by atoms with Crippen LogP contribution in [0.3, 0.4) is 0 Å². The summed E-state index contributed by atoms with van der Waals surface area (Å²) in [6, 6.07) is 17.0. The Morgan fingerprint density at radius 2 is 1.37 bits per heavy atom. The largest absolute Gasteiger partial charge is 0.493 e. The van der Waals surface area contributed by atoms with Gasteiger partial charge in [0.25, 0.3) is 5.91 Å². The minimum Gasteiger partial charge on any atom is -0.493 e. The highest BCUT2D eigenvalue weighted by Crippen LogP contribution is 2.38. The Bertz CT molecular complexity index is 1390. The number of ether oxygens (including phenoxy) is 5. The molecule has 0 unspecified atom stereocenters. The van der Waals surface area contributed by atoms with Crippen LogP contribution in [0.15, 0.2) is 60.7 Å². The van der Waals surface area contributed by atoms with Crippen molar-refractivity contribution in [3.8, 4) is 39.9 Å². The molecule has 1 heterocycles. The molecule has 216 valence electrons. The lowest BCUT2D eigenvalue weighted by Gasteiger charge is -2.34. The van der Waals surface area contributed by atoms with E-state index in [0.29, 0.717) is 67.1 Å². The van der Waals surface area contributed by atoms with Crippen LogP contribution in [-0.4, -0.2) is 82.8 Å². The first kappa shape index (κ1) is 29.3. The number of rotatable bonds is 10. The van der Waals surface area contributed by atoms with Crippen LogP contribution in [0.5, 0.6) is 28.7 Å². The van der Waals surface area contributed by atoms with Crippen molar-refractivity contribution in [3.63, 3.8) is 0 Å². The Labute approximate surface area is 240 Å². The number of nitrogens with zero attached hydrogens (tertiary/aromatic N) is 2. The fourth-order valence-electron chi connectivity index (χ4n) is 4.73. The molecular formula is C32H36N2O7. The summed E-state index contributed by atoms with van der Waals surface area (Å²) >= 11 is 0. The molecule has 9 nitrogen and oxygen atoms in total. The second-order valence-electron chi connectivity index (χ2n) is 9.29. The molecule has 0 aromatic heterocycles. The minimum absolute atomic E-state index is 0.0991. The van der Waals surface area contributed by atoms with E-state index >= 15 is 0 Å². The fourth-order valence-corrected chi connectivity index (χ4v) is 4.73. The standard InChI is InChI=1S/C32H36N2O7/c1-6-41-26-12-11-24(19-27(26)37-2)23-9-7-8-22(18-23)10-13-30(35)33-14-16-34(17-15-33)32(36)25-20-28(38-3)31(40-5)29(21-25)39-4/h7-13,18-21H,6,14-17H2,1-5H3. The van der Waals surface area contributed by atoms with Crippen LogP contribution < -0.4 is 23.7 Å². The Morgan fingerprint density at radius 1 is 0.732 bits per heavy atom. The van der Waals surface area contributed by atoms with Gasteiger partial charge in [-0.05, 0) is 60.0 Å². The van der Waals surface area contributed by atoms with Crippen molar-refractivity contribution < 1.29 is 33.3 Å². The zero-order chi connectivity index (χ0) is 29.4. The highest BCUT2D eigenvalue weighted by atomic mass is 16.5. The Morgan fingerprint density at radius 3 is 1.98 bits per heavy atom. The number of amides is 2. The summed E-state index contributed by atoms with van der Waals surface area (Å²) in [6.07, 6.45) is 3.39. The lowest BCUT2D eigenvalue weighted by atomic mass is 10.0. The third kappa shape index (κ3) is 6.74. The molecule has 2 amide bonds. The maximum atomic E-state index is 13.2. The van der Waals surface area contributed by atoms with Crippen molar-refractivity contribution in [1.82, 2.24) is 9.80 Å². The lowest BCUT2D eigenvalue weighted by Crippen LogP contribution is -2.50. The molecule has 0 bridgehead atoms. The zero-order valence-corrected chi connectivity index (χ0v) is 24.1. The topological polar surface area (TPSA) is 86.8 Å². The zero-order valence-electron chi connectivity index (χ0n) is 24.1. The van der Waals surface area contributed by atoms with Crippen molar-refractivity contribution in [2.45, 2.75) is 6.92 Å². The maximum Gasteiger partial charge on any atom is 0.254 e. The van der Waals surface area contributed by atoms with Gasteiger partial charge in [0.15, 0.2) is 23.0 Å². The van der Waals surface area contributed by atoms with Gasteiger partial charge >= 0.3 is 0 Å². The van der Waals surface area contributed by atoms with Gasteiger partial charge in [-0.3, -0.25) is 9.59 Å². The van der Waals surface area contributed by atoms with E-state index in [1.165, 1.54) is 21.3 Å². The molecule has 3 aromatic rings. The van der Waals surface area contributed by atoms with Crippen LogP contribution in [0.2, 0.25) is 0 Å². The van der Waals surface area contributed by atoms with Crippen LogP contribution in [0.1, 0.15) is 22.8 Å². The average Bonchev–Trinajstić information content (AvgIpc) is 3.03. The van der Waals surface area contributed by atoms with Gasteiger partial charge in [-0.2, -0.15) is 0 Å². The monoisotopic (exact) mass is 560 g/mol. The van der Waals surface area contributed by atoms with Crippen LogP contribution in [0.4, 0.5) is 0 Å². The maximum absolute atomic E-state index is 13.2. The molecule has 0 spiro atoms. The number of piperazine rings is 1. The van der Waals surface area contributed by atoms with E-state index in [9.17, 15) is 9.59 Å². The fraction of sp³-hybridized carbons (Fsp3) is 0.312. The predicted octanol–water partition coefficient (Wildman–Crippen LogP) is 4.78. The lowest BCUT2D eigenvalue weighted by molar-refractivity contribution is -0.127. The van der Waals surface area contributed by atoms with Gasteiger partial charge in [0, 0.05) is 37.8 Å². The van der Waals surface area contributed by atoms with Crippen LogP contribution in [0, 0.1) is 0 Å². The van der Waals surface area contributed by atoms with Crippen molar-refractivity contribution in [2.75, 3.05) is 61.2 Å². The van der Waals surface area contributed by atoms with Gasteiger partial charge in [0.1, 0.15) is 0 Å². The van der Waals surface area contributed by atoms with E-state index in [4.69, 9.17) is 23.7 Å². The summed E-state index contributed by atoms with van der Waals surface area (Å²) in [4.78, 5) is 29.6. The first-order valence-corrected chi connectivity index (χ1v) is 13.4. The molecule has 3 aromatic carbocycles. The molecule has 1 aliphatic heterocycles. The minimum atomic E-state index is -0.158. The van der Waals surface area contributed by atoms with Gasteiger partial charge in [-0.1, -0.05) is 24.3 Å². The van der Waals surface area contributed by atoms with Crippen LogP contribution in [0.25, 0.3) is 17.2 Å². The highest BCUT2D eigenvalue weighted by Gasteiger charge is 2.26. The average molecular weight is 561 g/mol. The van der Waals surface area contributed by atoms with E-state index in [1.807, 2.05) is 55.5 Å². The summed E-state index contributed by atoms with van der Waals surface area (Å²) < 4.78 is 27.2. The SMILES string of the molecule is CCOc1ccc(-c2cccc(C=CC(=O)N3CCN(C(=O)c4cc(OC)c(OC)c(OC)c4)CC3)c2)cc1OC. The highest BCUT2D eigenvalue weighted by molar-refractivity contribution is 5.96. The molecule has 1 saturated heterocycles. The van der Waals surface area contributed by atoms with Crippen molar-refractivity contribution in [3.05, 3.63) is 71.8 Å². The van der Waals surface area contributed by atoms with Gasteiger partial charge in [-0.15, -0.1) is 0 Å². The second kappa shape index (κ2) is 13.6. The second-order valence-corrected chi connectivity index (χ2v) is 9.29. The van der Waals surface area contributed by atoms with E-state index < -0.39 is 0 Å². The molecule has 0 aliphatic carbocycles. The van der Waals surface area contributed by atoms with E-state index in [0.717, 1.165) is 16.7 Å². The van der Waals surface area contributed by atoms with Crippen molar-refractivity contribution in [2.24, 2.45) is 0 Å². The van der Waals surface area contributed by atoms with Gasteiger partial charge < -0.3 is 33.5 Å². The van der Waals surface area contributed by atoms with Gasteiger partial charge in [0.2, 0.25) is 11.7 Å². The number of carbonyl (C=O) groups excluding carboxylic acids is 2. The Hall–Kier alpha value is -4.66. The quantitative estimate of drug-likeness (QED) is 0.330. The third-order valence-corrected chi connectivity index (χ3v) is 6.89. The molecule has 0 radical (unpaired) electrons. The summed E-state index contributed by atoms with van der Waals surface area (Å²) in [7, 11) is 6.16. The molecule has 1 aliphatic rings. The summed E-state index contributed by atoms with van der Waals surface area (Å²) in [5.74, 6) is 2.37. The number of methoxy groups -OCH3 is 4. The molecule has 9 heteroatoms. The van der Waals surface area contributed by atoms with E-state index in [2.05, 4.69) is 0 Å². The van der Waals surface area contributed by atoms with Gasteiger partial charge in [0.05, 0.1) is 35.0 Å². The normalized spacial score (nSPS) is 13.2. The Kier molecular flexibility index (Phi) is 9.73. The number of hydrogen-bond acceptors (Lipinski definition) is 7. The third-order valence-electron chi connectivity index (χ3n) is 6.89. The van der Waals surface area contributed by atoms with Gasteiger partial charge in [-0.25, -0.2) is 0 Å². The molecule has 41 heavy (non-hydrogen) atoms. The molecular weight excluding hydrogens is 524 g/mol. The number of benzene rings is 3. The van der Waals surface area contributed by atoms with Crippen molar-refractivity contribution >= 4 is 17.9 Å². The Balaban J connectivity index is 1.39. The predicted molar refractivity (Wildman–Crippen MR) is 157 cm³/mol. The molecule has 1 fully saturated rings. The smallest absolute Gasteiger partial charge is 0.254 e. The van der Waals surface area contributed by atoms with Crippen molar-refractivity contribution in [1.29, 1.82) is 0 Å².